The van der Waals surface area contributed by atoms with Crippen molar-refractivity contribution >= 4 is 22.5 Å². The molecule has 142 valence electrons. The maximum Gasteiger partial charge on any atom is 0.147 e. The van der Waals surface area contributed by atoms with Crippen LogP contribution in [0.15, 0.2) is 55.5 Å². The zero-order valence-corrected chi connectivity index (χ0v) is 14.7. The highest BCUT2D eigenvalue weighted by Crippen LogP contribution is 2.29. The van der Waals surface area contributed by atoms with Crippen LogP contribution in [0.2, 0.25) is 0 Å². The van der Waals surface area contributed by atoms with Gasteiger partial charge in [-0.05, 0) is 17.7 Å². The van der Waals surface area contributed by atoms with Crippen LogP contribution in [-0.4, -0.2) is 56.3 Å². The van der Waals surface area contributed by atoms with E-state index in [4.69, 9.17) is 0 Å². The first-order valence-corrected chi connectivity index (χ1v) is 8.88. The van der Waals surface area contributed by atoms with Crippen molar-refractivity contribution in [2.75, 3.05) is 36.0 Å². The minimum Gasteiger partial charge on any atom is -0.352 e. The predicted octanol–water partition coefficient (Wildman–Crippen LogP) is 2.77. The summed E-state index contributed by atoms with van der Waals surface area (Å²) in [6, 6.07) is 6.25. The molecule has 0 atom stereocenters. The Morgan fingerprint density at radius 2 is 1.71 bits per heavy atom. The molecule has 8 nitrogen and oxygen atoms in total. The van der Waals surface area contributed by atoms with Gasteiger partial charge in [-0.15, -0.1) is 0 Å². The van der Waals surface area contributed by atoms with E-state index in [0.29, 0.717) is 0 Å². The van der Waals surface area contributed by atoms with Crippen molar-refractivity contribution < 1.29 is 0 Å². The molecule has 1 aliphatic heterocycles. The molecule has 5 rings (SSSR count). The van der Waals surface area contributed by atoms with Crippen molar-refractivity contribution in [3.8, 4) is 11.1 Å². The fourth-order valence-electron chi connectivity index (χ4n) is 3.49. The van der Waals surface area contributed by atoms with Crippen molar-refractivity contribution in [2.24, 2.45) is 0 Å². The molecule has 1 fully saturated rings. The summed E-state index contributed by atoms with van der Waals surface area (Å²) < 4.78 is 0. The molecule has 3 aromatic heterocycles. The number of piperazine rings is 1. The number of fused-ring (bicyclic) bond motifs is 1. The SMILES string of the molecule is C.c1cnc(N2CCN(c3ncnc4ccc(-c5cn[nH]c5)cc34)CC2)cn1. The third-order valence-electron chi connectivity index (χ3n) is 4.90. The zero-order valence-electron chi connectivity index (χ0n) is 14.7. The van der Waals surface area contributed by atoms with Gasteiger partial charge in [0.05, 0.1) is 17.9 Å². The summed E-state index contributed by atoms with van der Waals surface area (Å²) in [5, 5.41) is 7.97. The molecule has 0 amide bonds. The highest BCUT2D eigenvalue weighted by molar-refractivity contribution is 5.92. The molecule has 28 heavy (non-hydrogen) atoms. The van der Waals surface area contributed by atoms with Gasteiger partial charge < -0.3 is 9.80 Å². The first-order chi connectivity index (χ1) is 13.4. The first-order valence-electron chi connectivity index (χ1n) is 8.88. The third kappa shape index (κ3) is 3.24. The van der Waals surface area contributed by atoms with Crippen LogP contribution >= 0.6 is 0 Å². The molecular formula is C20H22N8. The van der Waals surface area contributed by atoms with Crippen molar-refractivity contribution in [1.82, 2.24) is 30.1 Å². The number of benzene rings is 1. The smallest absolute Gasteiger partial charge is 0.147 e. The molecule has 0 spiro atoms. The van der Waals surface area contributed by atoms with Crippen molar-refractivity contribution in [1.29, 1.82) is 0 Å². The largest absolute Gasteiger partial charge is 0.352 e. The number of hydrogen-bond donors (Lipinski definition) is 1. The van der Waals surface area contributed by atoms with Crippen LogP contribution in [0.3, 0.4) is 0 Å². The Hall–Kier alpha value is -3.55. The van der Waals surface area contributed by atoms with Crippen molar-refractivity contribution in [2.45, 2.75) is 7.43 Å². The summed E-state index contributed by atoms with van der Waals surface area (Å²) in [5.74, 6) is 1.90. The average molecular weight is 374 g/mol. The molecule has 1 N–H and O–H groups in total. The van der Waals surface area contributed by atoms with Crippen molar-refractivity contribution in [3.05, 3.63) is 55.5 Å². The van der Waals surface area contributed by atoms with E-state index < -0.39 is 0 Å². The summed E-state index contributed by atoms with van der Waals surface area (Å²) >= 11 is 0. The van der Waals surface area contributed by atoms with Gasteiger partial charge in [0.1, 0.15) is 18.0 Å². The lowest BCUT2D eigenvalue weighted by atomic mass is 10.1. The minimum absolute atomic E-state index is 0. The van der Waals surface area contributed by atoms with Crippen molar-refractivity contribution in [3.63, 3.8) is 0 Å². The number of nitrogens with zero attached hydrogens (tertiary/aromatic N) is 7. The Morgan fingerprint density at radius 3 is 2.46 bits per heavy atom. The summed E-state index contributed by atoms with van der Waals surface area (Å²) in [5.41, 5.74) is 3.10. The normalized spacial score (nSPS) is 14.1. The Labute approximate surface area is 163 Å². The van der Waals surface area contributed by atoms with Gasteiger partial charge in [-0.1, -0.05) is 13.5 Å². The Bertz CT molecular complexity index is 1040. The maximum absolute atomic E-state index is 4.60. The number of nitrogens with one attached hydrogen (secondary N) is 1. The second kappa shape index (κ2) is 7.59. The van der Waals surface area contributed by atoms with Gasteiger partial charge >= 0.3 is 0 Å². The van der Waals surface area contributed by atoms with Gasteiger partial charge in [-0.3, -0.25) is 10.1 Å². The number of aromatic amines is 1. The van der Waals surface area contributed by atoms with Crippen LogP contribution in [0.4, 0.5) is 11.6 Å². The summed E-state index contributed by atoms with van der Waals surface area (Å²) in [6.45, 7) is 3.51. The Kier molecular flexibility index (Phi) is 4.84. The second-order valence-electron chi connectivity index (χ2n) is 6.45. The molecule has 4 aromatic rings. The highest BCUT2D eigenvalue weighted by atomic mass is 15.3. The molecule has 1 saturated heterocycles. The number of H-pyrrole nitrogens is 1. The van der Waals surface area contributed by atoms with E-state index in [2.05, 4.69) is 52.1 Å². The van der Waals surface area contributed by atoms with E-state index in [9.17, 15) is 0 Å². The van der Waals surface area contributed by atoms with E-state index >= 15 is 0 Å². The minimum atomic E-state index is 0. The number of aromatic nitrogens is 6. The molecule has 8 heteroatoms. The van der Waals surface area contributed by atoms with Gasteiger partial charge in [0, 0.05) is 55.7 Å². The summed E-state index contributed by atoms with van der Waals surface area (Å²) in [4.78, 5) is 22.2. The zero-order chi connectivity index (χ0) is 18.1. The topological polar surface area (TPSA) is 86.7 Å². The Balaban J connectivity index is 0.00000192. The van der Waals surface area contributed by atoms with Crippen LogP contribution in [0, 0.1) is 0 Å². The van der Waals surface area contributed by atoms with Gasteiger partial charge in [-0.2, -0.15) is 5.10 Å². The van der Waals surface area contributed by atoms with E-state index in [1.54, 1.807) is 18.7 Å². The van der Waals surface area contributed by atoms with Crippen LogP contribution in [-0.2, 0) is 0 Å². The van der Waals surface area contributed by atoms with E-state index in [1.807, 2.05) is 24.7 Å². The van der Waals surface area contributed by atoms with Crippen LogP contribution in [0.1, 0.15) is 7.43 Å². The van der Waals surface area contributed by atoms with E-state index in [-0.39, 0.29) is 7.43 Å². The second-order valence-corrected chi connectivity index (χ2v) is 6.45. The molecule has 1 aromatic carbocycles. The number of anilines is 2. The monoisotopic (exact) mass is 374 g/mol. The lowest BCUT2D eigenvalue weighted by Crippen LogP contribution is -2.47. The maximum atomic E-state index is 4.60. The number of rotatable bonds is 3. The van der Waals surface area contributed by atoms with E-state index in [1.165, 1.54) is 0 Å². The lowest BCUT2D eigenvalue weighted by Gasteiger charge is -2.36. The first kappa shape index (κ1) is 17.8. The lowest BCUT2D eigenvalue weighted by molar-refractivity contribution is 0.642. The fourth-order valence-corrected chi connectivity index (χ4v) is 3.49. The molecule has 1 aliphatic rings. The standard InChI is InChI=1S/C19H18N8.CH4/c1-2-17-16(9-14(1)15-10-24-25-11-15)19(23-13-22-17)27-7-5-26(6-8-27)18-12-20-3-4-21-18;/h1-4,9-13H,5-8H2,(H,24,25);1H4. The third-order valence-corrected chi connectivity index (χ3v) is 4.90. The molecule has 0 aliphatic carbocycles. The average Bonchev–Trinajstić information content (AvgIpc) is 3.29. The van der Waals surface area contributed by atoms with Crippen LogP contribution < -0.4 is 9.80 Å². The van der Waals surface area contributed by atoms with Gasteiger partial charge in [0.15, 0.2) is 0 Å². The van der Waals surface area contributed by atoms with Crippen LogP contribution in [0.25, 0.3) is 22.0 Å². The van der Waals surface area contributed by atoms with Gasteiger partial charge in [0.2, 0.25) is 0 Å². The van der Waals surface area contributed by atoms with Gasteiger partial charge in [-0.25, -0.2) is 15.0 Å². The van der Waals surface area contributed by atoms with E-state index in [0.717, 1.165) is 59.8 Å². The number of hydrogen-bond acceptors (Lipinski definition) is 7. The van der Waals surface area contributed by atoms with Gasteiger partial charge in [0.25, 0.3) is 0 Å². The molecule has 0 saturated carbocycles. The molecule has 0 radical (unpaired) electrons. The molecule has 0 unspecified atom stereocenters. The molecule has 0 bridgehead atoms. The summed E-state index contributed by atoms with van der Waals surface area (Å²) in [6.07, 6.45) is 10.6. The Morgan fingerprint density at radius 1 is 0.857 bits per heavy atom. The predicted molar refractivity (Wildman–Crippen MR) is 110 cm³/mol. The highest BCUT2D eigenvalue weighted by Gasteiger charge is 2.21. The quantitative estimate of drug-likeness (QED) is 0.590. The fraction of sp³-hybridized carbons (Fsp3) is 0.250. The summed E-state index contributed by atoms with van der Waals surface area (Å²) in [7, 11) is 0. The van der Waals surface area contributed by atoms with Crippen LogP contribution in [0.5, 0.6) is 0 Å². The molecule has 4 heterocycles. The molecular weight excluding hydrogens is 352 g/mol.